The van der Waals surface area contributed by atoms with Crippen LogP contribution in [0, 0.1) is 0 Å². The molecule has 0 saturated heterocycles. The van der Waals surface area contributed by atoms with Crippen molar-refractivity contribution in [1.82, 2.24) is 3.97 Å². The minimum atomic E-state index is -3.56. The van der Waals surface area contributed by atoms with E-state index in [0.717, 1.165) is 3.97 Å². The highest BCUT2D eigenvalue weighted by Crippen LogP contribution is 2.14. The van der Waals surface area contributed by atoms with Crippen LogP contribution in [-0.2, 0) is 10.0 Å². The normalized spacial score (nSPS) is 11.4. The quantitative estimate of drug-likeness (QED) is 0.847. The van der Waals surface area contributed by atoms with E-state index in [1.807, 2.05) is 6.07 Å². The minimum absolute atomic E-state index is 0.106. The monoisotopic (exact) mass is 263 g/mol. The zero-order valence-electron chi connectivity index (χ0n) is 9.91. The lowest BCUT2D eigenvalue weighted by atomic mass is 10.1. The first-order valence-electron chi connectivity index (χ1n) is 5.56. The van der Waals surface area contributed by atoms with E-state index < -0.39 is 15.6 Å². The lowest BCUT2D eigenvalue weighted by Gasteiger charge is -2.07. The largest absolute Gasteiger partial charge is 0.272 e. The summed E-state index contributed by atoms with van der Waals surface area (Å²) >= 11 is 0. The highest BCUT2D eigenvalue weighted by atomic mass is 32.2. The van der Waals surface area contributed by atoms with Crippen molar-refractivity contribution in [2.24, 2.45) is 0 Å². The van der Waals surface area contributed by atoms with Crippen molar-refractivity contribution in [2.75, 3.05) is 5.75 Å². The minimum Gasteiger partial charge on any atom is -0.268 e. The number of nitrogens with zero attached hydrogens (tertiary/aromatic N) is 1. The molecule has 1 aromatic carbocycles. The predicted molar refractivity (Wildman–Crippen MR) is 71.0 cm³/mol. The Morgan fingerprint density at radius 1 is 1.06 bits per heavy atom. The Kier molecular flexibility index (Phi) is 3.34. The number of aromatic nitrogens is 1. The molecule has 0 radical (unpaired) electrons. The third-order valence-corrected chi connectivity index (χ3v) is 4.28. The first kappa shape index (κ1) is 12.6. The molecule has 18 heavy (non-hydrogen) atoms. The summed E-state index contributed by atoms with van der Waals surface area (Å²) in [6.45, 7) is 1.51. The van der Waals surface area contributed by atoms with Crippen LogP contribution in [0.3, 0.4) is 0 Å². The topological polar surface area (TPSA) is 56.1 Å². The van der Waals surface area contributed by atoms with Crippen molar-refractivity contribution in [3.63, 3.8) is 0 Å². The highest BCUT2D eigenvalue weighted by Gasteiger charge is 2.14. The van der Waals surface area contributed by atoms with Gasteiger partial charge in [0.15, 0.2) is 0 Å². The van der Waals surface area contributed by atoms with Crippen LogP contribution in [0.1, 0.15) is 6.92 Å². The molecule has 0 N–H and O–H groups in total. The molecule has 1 heterocycles. The van der Waals surface area contributed by atoms with Crippen LogP contribution in [0.4, 0.5) is 0 Å². The second kappa shape index (κ2) is 4.78. The molecule has 0 spiro atoms. The first-order valence-corrected chi connectivity index (χ1v) is 7.17. The van der Waals surface area contributed by atoms with E-state index in [0.29, 0.717) is 11.1 Å². The summed E-state index contributed by atoms with van der Waals surface area (Å²) < 4.78 is 24.3. The van der Waals surface area contributed by atoms with Gasteiger partial charge in [-0.2, -0.15) is 0 Å². The summed E-state index contributed by atoms with van der Waals surface area (Å²) in [4.78, 5) is 12.2. The molecule has 2 aromatic rings. The van der Waals surface area contributed by atoms with Gasteiger partial charge < -0.3 is 0 Å². The number of pyridine rings is 1. The standard InChI is InChI=1S/C13H13NO3S/c1-2-18(16,17)14-10-6-9-12(13(14)15)11-7-4-3-5-8-11/h3-10H,2H2,1H3. The van der Waals surface area contributed by atoms with Crippen LogP contribution < -0.4 is 5.56 Å². The lowest BCUT2D eigenvalue weighted by molar-refractivity contribution is 0.586. The number of hydrogen-bond donors (Lipinski definition) is 0. The smallest absolute Gasteiger partial charge is 0.268 e. The van der Waals surface area contributed by atoms with Gasteiger partial charge in [-0.1, -0.05) is 30.3 Å². The van der Waals surface area contributed by atoms with E-state index in [2.05, 4.69) is 0 Å². The maximum absolute atomic E-state index is 12.2. The summed E-state index contributed by atoms with van der Waals surface area (Å²) in [5.74, 6) is -0.106. The number of hydrogen-bond acceptors (Lipinski definition) is 3. The fraction of sp³-hybridized carbons (Fsp3) is 0.154. The van der Waals surface area contributed by atoms with Crippen molar-refractivity contribution >= 4 is 10.0 Å². The van der Waals surface area contributed by atoms with Gasteiger partial charge in [0.1, 0.15) is 0 Å². The van der Waals surface area contributed by atoms with Crippen LogP contribution in [0.2, 0.25) is 0 Å². The summed E-state index contributed by atoms with van der Waals surface area (Å²) in [6.07, 6.45) is 1.29. The van der Waals surface area contributed by atoms with Crippen molar-refractivity contribution < 1.29 is 8.42 Å². The summed E-state index contributed by atoms with van der Waals surface area (Å²) in [7, 11) is -3.56. The zero-order valence-corrected chi connectivity index (χ0v) is 10.7. The van der Waals surface area contributed by atoms with E-state index in [9.17, 15) is 13.2 Å². The van der Waals surface area contributed by atoms with Crippen LogP contribution in [-0.4, -0.2) is 18.1 Å². The Hall–Kier alpha value is -1.88. The second-order valence-corrected chi connectivity index (χ2v) is 5.92. The number of rotatable bonds is 3. The maximum atomic E-state index is 12.2. The van der Waals surface area contributed by atoms with Gasteiger partial charge >= 0.3 is 0 Å². The molecule has 0 amide bonds. The van der Waals surface area contributed by atoms with E-state index >= 15 is 0 Å². The molecule has 0 aliphatic carbocycles. The predicted octanol–water partition coefficient (Wildman–Crippen LogP) is 1.71. The van der Waals surface area contributed by atoms with Crippen LogP contribution >= 0.6 is 0 Å². The van der Waals surface area contributed by atoms with Crippen LogP contribution in [0.5, 0.6) is 0 Å². The van der Waals surface area contributed by atoms with E-state index in [1.165, 1.54) is 13.1 Å². The molecule has 0 fully saturated rings. The molecule has 1 aromatic heterocycles. The van der Waals surface area contributed by atoms with Gasteiger partial charge in [0.25, 0.3) is 5.56 Å². The van der Waals surface area contributed by atoms with Crippen molar-refractivity contribution in [1.29, 1.82) is 0 Å². The molecule has 0 aliphatic heterocycles. The maximum Gasteiger partial charge on any atom is 0.272 e. The fourth-order valence-electron chi connectivity index (χ4n) is 1.67. The van der Waals surface area contributed by atoms with Gasteiger partial charge in [-0.05, 0) is 24.6 Å². The van der Waals surface area contributed by atoms with Crippen LogP contribution in [0.25, 0.3) is 11.1 Å². The van der Waals surface area contributed by atoms with E-state index in [4.69, 9.17) is 0 Å². The molecule has 2 rings (SSSR count). The van der Waals surface area contributed by atoms with Gasteiger partial charge in [-0.3, -0.25) is 4.79 Å². The van der Waals surface area contributed by atoms with Gasteiger partial charge in [0, 0.05) is 11.8 Å². The molecule has 0 saturated carbocycles. The van der Waals surface area contributed by atoms with Crippen molar-refractivity contribution in [3.05, 3.63) is 59.0 Å². The molecule has 0 bridgehead atoms. The van der Waals surface area contributed by atoms with Gasteiger partial charge in [-0.15, -0.1) is 0 Å². The molecule has 0 aliphatic rings. The Labute approximate surface area is 106 Å². The molecule has 5 heteroatoms. The SMILES string of the molecule is CCS(=O)(=O)n1cccc(-c2ccccc2)c1=O. The second-order valence-electron chi connectivity index (χ2n) is 3.79. The fourth-order valence-corrected chi connectivity index (χ4v) is 2.56. The third-order valence-electron chi connectivity index (χ3n) is 2.66. The van der Waals surface area contributed by atoms with E-state index in [1.54, 1.807) is 36.4 Å². The Morgan fingerprint density at radius 2 is 1.72 bits per heavy atom. The molecule has 0 atom stereocenters. The highest BCUT2D eigenvalue weighted by molar-refractivity contribution is 7.89. The van der Waals surface area contributed by atoms with Gasteiger partial charge in [0.2, 0.25) is 10.0 Å². The number of benzene rings is 1. The van der Waals surface area contributed by atoms with Crippen molar-refractivity contribution in [2.45, 2.75) is 6.92 Å². The Bertz CT molecular complexity index is 703. The zero-order chi connectivity index (χ0) is 13.2. The molecular formula is C13H13NO3S. The molecule has 4 nitrogen and oxygen atoms in total. The van der Waals surface area contributed by atoms with E-state index in [-0.39, 0.29) is 5.75 Å². The summed E-state index contributed by atoms with van der Waals surface area (Å²) in [5.41, 5.74) is 0.587. The van der Waals surface area contributed by atoms with Crippen molar-refractivity contribution in [3.8, 4) is 11.1 Å². The van der Waals surface area contributed by atoms with Crippen LogP contribution in [0.15, 0.2) is 53.5 Å². The lowest BCUT2D eigenvalue weighted by Crippen LogP contribution is -2.28. The van der Waals surface area contributed by atoms with Gasteiger partial charge in [-0.25, -0.2) is 12.4 Å². The Balaban J connectivity index is 2.68. The molecule has 94 valence electrons. The third kappa shape index (κ3) is 2.22. The Morgan fingerprint density at radius 3 is 2.33 bits per heavy atom. The average molecular weight is 263 g/mol. The summed E-state index contributed by atoms with van der Waals surface area (Å²) in [5, 5.41) is 0. The molecule has 0 unspecified atom stereocenters. The summed E-state index contributed by atoms with van der Waals surface area (Å²) in [6, 6.07) is 12.2. The van der Waals surface area contributed by atoms with Gasteiger partial charge in [0.05, 0.1) is 5.75 Å². The average Bonchev–Trinajstić information content (AvgIpc) is 2.40. The first-order chi connectivity index (χ1) is 8.56. The molecular weight excluding hydrogens is 250 g/mol.